The minimum Gasteiger partial charge on any atom is -0.393 e. The fourth-order valence-electron chi connectivity index (χ4n) is 3.49. The van der Waals surface area contributed by atoms with Gasteiger partial charge in [-0.3, -0.25) is 0 Å². The van der Waals surface area contributed by atoms with E-state index >= 15 is 0 Å². The van der Waals surface area contributed by atoms with E-state index < -0.39 is 0 Å². The Balaban J connectivity index is 2.40. The van der Waals surface area contributed by atoms with E-state index in [-0.39, 0.29) is 29.1 Å². The van der Waals surface area contributed by atoms with Gasteiger partial charge in [-0.1, -0.05) is 34.6 Å². The predicted molar refractivity (Wildman–Crippen MR) is 93.4 cm³/mol. The van der Waals surface area contributed by atoms with E-state index in [1.165, 1.54) is 0 Å². The number of amides is 2. The van der Waals surface area contributed by atoms with Gasteiger partial charge < -0.3 is 20.5 Å². The van der Waals surface area contributed by atoms with Crippen LogP contribution in [-0.2, 0) is 4.74 Å². The van der Waals surface area contributed by atoms with Gasteiger partial charge >= 0.3 is 6.03 Å². The maximum atomic E-state index is 12.0. The highest BCUT2D eigenvalue weighted by molar-refractivity contribution is 5.73. The lowest BCUT2D eigenvalue weighted by Crippen LogP contribution is -2.48. The first kappa shape index (κ1) is 20.2. The summed E-state index contributed by atoms with van der Waals surface area (Å²) in [4.78, 5) is 12.0. The molecule has 0 aliphatic carbocycles. The molecule has 0 radical (unpaired) electrons. The van der Waals surface area contributed by atoms with Gasteiger partial charge in [0, 0.05) is 25.6 Å². The molecule has 3 atom stereocenters. The van der Waals surface area contributed by atoms with E-state index in [1.54, 1.807) is 6.92 Å². The summed E-state index contributed by atoms with van der Waals surface area (Å²) in [5.41, 5.74) is -0.0318. The molecule has 0 bridgehead atoms. The molecule has 1 fully saturated rings. The number of rotatable bonds is 6. The maximum Gasteiger partial charge on any atom is 0.314 e. The highest BCUT2D eigenvalue weighted by atomic mass is 16.5. The Bertz CT molecular complexity index is 375. The smallest absolute Gasteiger partial charge is 0.314 e. The third kappa shape index (κ3) is 7.53. The molecule has 5 heteroatoms. The van der Waals surface area contributed by atoms with Gasteiger partial charge in [0.15, 0.2) is 0 Å². The molecular formula is C18H36N2O3. The van der Waals surface area contributed by atoms with Crippen LogP contribution in [0.25, 0.3) is 0 Å². The average Bonchev–Trinajstić information content (AvgIpc) is 2.41. The van der Waals surface area contributed by atoms with Crippen molar-refractivity contribution < 1.29 is 14.6 Å². The molecule has 0 aromatic carbocycles. The van der Waals surface area contributed by atoms with E-state index in [1.807, 2.05) is 13.8 Å². The molecule has 1 heterocycles. The van der Waals surface area contributed by atoms with Gasteiger partial charge in [0.05, 0.1) is 12.2 Å². The van der Waals surface area contributed by atoms with Crippen molar-refractivity contribution in [1.29, 1.82) is 0 Å². The Labute approximate surface area is 141 Å². The van der Waals surface area contributed by atoms with Gasteiger partial charge in [-0.05, 0) is 37.0 Å². The van der Waals surface area contributed by atoms with Crippen molar-refractivity contribution in [1.82, 2.24) is 10.6 Å². The lowest BCUT2D eigenvalue weighted by Gasteiger charge is -2.40. The third-order valence-electron chi connectivity index (χ3n) is 4.40. The van der Waals surface area contributed by atoms with Gasteiger partial charge in [-0.25, -0.2) is 4.79 Å². The fourth-order valence-corrected chi connectivity index (χ4v) is 3.49. The Hall–Kier alpha value is -0.810. The van der Waals surface area contributed by atoms with Crippen LogP contribution in [0.15, 0.2) is 0 Å². The molecule has 0 unspecified atom stereocenters. The summed E-state index contributed by atoms with van der Waals surface area (Å²) in [5.74, 6) is 0.361. The minimum atomic E-state index is -0.359. The summed E-state index contributed by atoms with van der Waals surface area (Å²) in [5, 5.41) is 15.4. The second-order valence-corrected chi connectivity index (χ2v) is 8.84. The quantitative estimate of drug-likeness (QED) is 0.702. The predicted octanol–water partition coefficient (Wildman–Crippen LogP) is 2.92. The minimum absolute atomic E-state index is 0.0858. The number of hydrogen-bond donors (Lipinski definition) is 3. The van der Waals surface area contributed by atoms with E-state index in [2.05, 4.69) is 31.4 Å². The van der Waals surface area contributed by atoms with Crippen molar-refractivity contribution in [3.63, 3.8) is 0 Å². The monoisotopic (exact) mass is 328 g/mol. The molecule has 0 spiro atoms. The first-order chi connectivity index (χ1) is 10.5. The van der Waals surface area contributed by atoms with Crippen molar-refractivity contribution in [3.05, 3.63) is 0 Å². The fraction of sp³-hybridized carbons (Fsp3) is 0.944. The van der Waals surface area contributed by atoms with Crippen LogP contribution in [-0.4, -0.2) is 43.0 Å². The number of hydrogen-bond acceptors (Lipinski definition) is 3. The third-order valence-corrected chi connectivity index (χ3v) is 4.40. The molecule has 1 aliphatic heterocycles. The van der Waals surface area contributed by atoms with Gasteiger partial charge in [0.1, 0.15) is 0 Å². The summed E-state index contributed by atoms with van der Waals surface area (Å²) in [7, 11) is 0. The highest BCUT2D eigenvalue weighted by Crippen LogP contribution is 2.33. The average molecular weight is 328 g/mol. The van der Waals surface area contributed by atoms with E-state index in [0.29, 0.717) is 25.4 Å². The number of carbonyl (C=O) groups excluding carboxylic acids is 1. The first-order valence-electron chi connectivity index (χ1n) is 8.83. The summed E-state index contributed by atoms with van der Waals surface area (Å²) >= 11 is 0. The van der Waals surface area contributed by atoms with Crippen molar-refractivity contribution in [2.24, 2.45) is 16.7 Å². The van der Waals surface area contributed by atoms with Crippen molar-refractivity contribution >= 4 is 6.03 Å². The lowest BCUT2D eigenvalue weighted by atomic mass is 9.78. The largest absolute Gasteiger partial charge is 0.393 e. The molecule has 136 valence electrons. The molecule has 0 aromatic heterocycles. The van der Waals surface area contributed by atoms with Crippen LogP contribution in [0.4, 0.5) is 4.79 Å². The molecule has 0 aromatic rings. The van der Waals surface area contributed by atoms with Gasteiger partial charge in [0.2, 0.25) is 0 Å². The maximum absolute atomic E-state index is 12.0. The van der Waals surface area contributed by atoms with E-state index in [0.717, 1.165) is 19.4 Å². The number of carbonyl (C=O) groups is 1. The van der Waals surface area contributed by atoms with Crippen molar-refractivity contribution in [2.45, 2.75) is 73.0 Å². The standard InChI is InChI=1S/C18H36N2O3/c1-13(21)10-18(5,6)12-20-16(22)19-11-14-8-7-9-23-15(14)17(2,3)4/h13-15,21H,7-12H2,1-6H3,(H2,19,20,22)/t13-,14+,15+/m0/s1. The summed E-state index contributed by atoms with van der Waals surface area (Å²) in [6, 6.07) is -0.137. The summed E-state index contributed by atoms with van der Waals surface area (Å²) in [6.07, 6.45) is 2.64. The molecule has 23 heavy (non-hydrogen) atoms. The van der Waals surface area contributed by atoms with Gasteiger partial charge in [0.25, 0.3) is 0 Å². The molecule has 2 amide bonds. The Morgan fingerprint density at radius 3 is 2.48 bits per heavy atom. The molecule has 1 aliphatic rings. The molecular weight excluding hydrogens is 292 g/mol. The zero-order valence-corrected chi connectivity index (χ0v) is 15.7. The summed E-state index contributed by atoms with van der Waals surface area (Å²) < 4.78 is 5.95. The van der Waals surface area contributed by atoms with E-state index in [9.17, 15) is 9.90 Å². The van der Waals surface area contributed by atoms with Crippen LogP contribution in [0, 0.1) is 16.7 Å². The topological polar surface area (TPSA) is 70.6 Å². The van der Waals surface area contributed by atoms with Crippen LogP contribution in [0.3, 0.4) is 0 Å². The first-order valence-corrected chi connectivity index (χ1v) is 8.83. The molecule has 3 N–H and O–H groups in total. The number of aliphatic hydroxyl groups excluding tert-OH is 1. The Kier molecular flexibility index (Phi) is 7.33. The lowest BCUT2D eigenvalue weighted by molar-refractivity contribution is -0.0838. The highest BCUT2D eigenvalue weighted by Gasteiger charge is 2.35. The van der Waals surface area contributed by atoms with Gasteiger partial charge in [-0.2, -0.15) is 0 Å². The van der Waals surface area contributed by atoms with Crippen LogP contribution in [0.2, 0.25) is 0 Å². The Morgan fingerprint density at radius 1 is 1.26 bits per heavy atom. The number of urea groups is 1. The second kappa shape index (κ2) is 8.34. The summed E-state index contributed by atoms with van der Waals surface area (Å²) in [6.45, 7) is 14.4. The van der Waals surface area contributed by atoms with E-state index in [4.69, 9.17) is 4.74 Å². The van der Waals surface area contributed by atoms with Crippen LogP contribution < -0.4 is 10.6 Å². The molecule has 0 saturated carbocycles. The number of aliphatic hydroxyl groups is 1. The zero-order chi connectivity index (χ0) is 17.7. The van der Waals surface area contributed by atoms with Crippen LogP contribution >= 0.6 is 0 Å². The van der Waals surface area contributed by atoms with Crippen molar-refractivity contribution in [3.8, 4) is 0 Å². The zero-order valence-electron chi connectivity index (χ0n) is 15.7. The molecule has 1 saturated heterocycles. The Morgan fingerprint density at radius 2 is 1.91 bits per heavy atom. The SMILES string of the molecule is C[C@H](O)CC(C)(C)CNC(=O)NC[C@H]1CCCO[C@H]1C(C)(C)C. The molecule has 5 nitrogen and oxygen atoms in total. The number of ether oxygens (including phenoxy) is 1. The van der Waals surface area contributed by atoms with Crippen LogP contribution in [0.5, 0.6) is 0 Å². The van der Waals surface area contributed by atoms with Crippen LogP contribution in [0.1, 0.15) is 60.8 Å². The van der Waals surface area contributed by atoms with Gasteiger partial charge in [-0.15, -0.1) is 0 Å². The second-order valence-electron chi connectivity index (χ2n) is 8.84. The number of nitrogens with one attached hydrogen (secondary N) is 2. The normalized spacial score (nSPS) is 24.1. The molecule has 1 rings (SSSR count). The van der Waals surface area contributed by atoms with Crippen molar-refractivity contribution in [2.75, 3.05) is 19.7 Å².